The molecule has 0 bridgehead atoms. The van der Waals surface area contributed by atoms with Crippen molar-refractivity contribution >= 4 is 11.9 Å². The summed E-state index contributed by atoms with van der Waals surface area (Å²) in [6, 6.07) is -0.931. The lowest BCUT2D eigenvalue weighted by Gasteiger charge is -2.23. The van der Waals surface area contributed by atoms with Crippen LogP contribution in [0.25, 0.3) is 0 Å². The number of amides is 1. The van der Waals surface area contributed by atoms with E-state index in [1.165, 1.54) is 6.33 Å². The first-order chi connectivity index (χ1) is 9.67. The van der Waals surface area contributed by atoms with Crippen LogP contribution in [0.1, 0.15) is 46.2 Å². The number of H-pyrrole nitrogens is 1. The van der Waals surface area contributed by atoms with E-state index in [2.05, 4.69) is 36.1 Å². The summed E-state index contributed by atoms with van der Waals surface area (Å²) in [7, 11) is 0. The molecule has 0 aliphatic rings. The van der Waals surface area contributed by atoms with Gasteiger partial charge in [0, 0.05) is 24.7 Å². The van der Waals surface area contributed by atoms with Gasteiger partial charge in [-0.1, -0.05) is 27.7 Å². The zero-order valence-corrected chi connectivity index (χ0v) is 13.1. The Kier molecular flexibility index (Phi) is 5.93. The van der Waals surface area contributed by atoms with Crippen LogP contribution >= 0.6 is 0 Å². The van der Waals surface area contributed by atoms with Crippen molar-refractivity contribution in [1.82, 2.24) is 15.3 Å². The minimum atomic E-state index is -1.04. The van der Waals surface area contributed by atoms with Gasteiger partial charge in [-0.2, -0.15) is 0 Å². The van der Waals surface area contributed by atoms with Gasteiger partial charge in [-0.3, -0.25) is 4.79 Å². The number of imidazole rings is 1. The van der Waals surface area contributed by atoms with E-state index in [1.807, 2.05) is 6.92 Å². The topological polar surface area (TPSA) is 95.1 Å². The van der Waals surface area contributed by atoms with Crippen molar-refractivity contribution in [3.8, 4) is 0 Å². The van der Waals surface area contributed by atoms with Gasteiger partial charge in [0.2, 0.25) is 5.91 Å². The van der Waals surface area contributed by atoms with Gasteiger partial charge < -0.3 is 15.4 Å². The highest BCUT2D eigenvalue weighted by atomic mass is 16.4. The molecule has 1 heterocycles. The molecule has 0 aromatic carbocycles. The molecule has 3 N–H and O–H groups in total. The van der Waals surface area contributed by atoms with Crippen LogP contribution in [0.3, 0.4) is 0 Å². The van der Waals surface area contributed by atoms with Gasteiger partial charge in [-0.15, -0.1) is 0 Å². The maximum Gasteiger partial charge on any atom is 0.326 e. The Balaban J connectivity index is 2.51. The molecule has 1 aromatic rings. The second kappa shape index (κ2) is 7.24. The average Bonchev–Trinajstić information content (AvgIpc) is 2.77. The molecule has 6 heteroatoms. The third-order valence-corrected chi connectivity index (χ3v) is 3.11. The summed E-state index contributed by atoms with van der Waals surface area (Å²) < 4.78 is 0. The molecule has 1 rings (SSSR count). The molecule has 0 saturated carbocycles. The lowest BCUT2D eigenvalue weighted by atomic mass is 9.84. The van der Waals surface area contributed by atoms with Gasteiger partial charge in [-0.25, -0.2) is 9.78 Å². The summed E-state index contributed by atoms with van der Waals surface area (Å²) in [5, 5.41) is 11.8. The van der Waals surface area contributed by atoms with E-state index in [9.17, 15) is 14.7 Å². The van der Waals surface area contributed by atoms with E-state index in [0.717, 1.165) is 6.42 Å². The van der Waals surface area contributed by atoms with Crippen molar-refractivity contribution in [2.24, 2.45) is 11.3 Å². The first-order valence-electron chi connectivity index (χ1n) is 7.17. The molecule has 6 nitrogen and oxygen atoms in total. The van der Waals surface area contributed by atoms with E-state index in [-0.39, 0.29) is 23.7 Å². The van der Waals surface area contributed by atoms with Crippen LogP contribution in [-0.4, -0.2) is 33.0 Å². The first-order valence-corrected chi connectivity index (χ1v) is 7.17. The number of nitrogens with zero attached hydrogens (tertiary/aromatic N) is 1. The standard InChI is InChI=1S/C15H25N3O3/c1-10(7-15(2,3)4)5-13(19)18-12(14(20)21)6-11-8-16-9-17-11/h8-10,12H,5-7H2,1-4H3,(H,16,17)(H,18,19)(H,20,21)/t10?,12-/m1/s1. The van der Waals surface area contributed by atoms with E-state index in [4.69, 9.17) is 0 Å². The smallest absolute Gasteiger partial charge is 0.326 e. The molecule has 21 heavy (non-hydrogen) atoms. The predicted molar refractivity (Wildman–Crippen MR) is 79.7 cm³/mol. The Morgan fingerprint density at radius 2 is 2.10 bits per heavy atom. The van der Waals surface area contributed by atoms with Crippen LogP contribution in [0.15, 0.2) is 12.5 Å². The highest BCUT2D eigenvalue weighted by Gasteiger charge is 2.23. The third-order valence-electron chi connectivity index (χ3n) is 3.11. The first kappa shape index (κ1) is 17.2. The van der Waals surface area contributed by atoms with Gasteiger partial charge >= 0.3 is 5.97 Å². The second-order valence-electron chi connectivity index (χ2n) is 6.81. The summed E-state index contributed by atoms with van der Waals surface area (Å²) in [5.74, 6) is -1.05. The fourth-order valence-corrected chi connectivity index (χ4v) is 2.50. The van der Waals surface area contributed by atoms with Crippen molar-refractivity contribution in [3.63, 3.8) is 0 Å². The third kappa shape index (κ3) is 6.92. The van der Waals surface area contributed by atoms with Gasteiger partial charge in [-0.05, 0) is 17.8 Å². The highest BCUT2D eigenvalue weighted by molar-refractivity contribution is 5.83. The largest absolute Gasteiger partial charge is 0.480 e. The van der Waals surface area contributed by atoms with Crippen LogP contribution < -0.4 is 5.32 Å². The Morgan fingerprint density at radius 3 is 2.57 bits per heavy atom. The SMILES string of the molecule is CC(CC(=O)N[C@H](Cc1cnc[nH]1)C(=O)O)CC(C)(C)C. The molecular formula is C15H25N3O3. The molecule has 0 aliphatic heterocycles. The van der Waals surface area contributed by atoms with Crippen molar-refractivity contribution in [3.05, 3.63) is 18.2 Å². The zero-order chi connectivity index (χ0) is 16.0. The molecule has 1 aromatic heterocycles. The van der Waals surface area contributed by atoms with Gasteiger partial charge in [0.1, 0.15) is 6.04 Å². The summed E-state index contributed by atoms with van der Waals surface area (Å²) >= 11 is 0. The summed E-state index contributed by atoms with van der Waals surface area (Å²) in [6.45, 7) is 8.38. The normalized spacial score (nSPS) is 14.5. The van der Waals surface area contributed by atoms with Gasteiger partial charge in [0.25, 0.3) is 0 Å². The summed E-state index contributed by atoms with van der Waals surface area (Å²) in [5.41, 5.74) is 0.840. The van der Waals surface area contributed by atoms with Crippen LogP contribution in [0.4, 0.5) is 0 Å². The van der Waals surface area contributed by atoms with E-state index < -0.39 is 12.0 Å². The van der Waals surface area contributed by atoms with Crippen LogP contribution in [0.2, 0.25) is 0 Å². The number of carboxylic acids is 1. The number of aromatic amines is 1. The van der Waals surface area contributed by atoms with E-state index in [0.29, 0.717) is 12.1 Å². The lowest BCUT2D eigenvalue weighted by molar-refractivity contribution is -0.142. The molecule has 0 fully saturated rings. The van der Waals surface area contributed by atoms with Crippen molar-refractivity contribution in [1.29, 1.82) is 0 Å². The number of carbonyl (C=O) groups is 2. The van der Waals surface area contributed by atoms with E-state index in [1.54, 1.807) is 6.20 Å². The second-order valence-corrected chi connectivity index (χ2v) is 6.81. The van der Waals surface area contributed by atoms with Crippen LogP contribution in [0.5, 0.6) is 0 Å². The fourth-order valence-electron chi connectivity index (χ4n) is 2.50. The lowest BCUT2D eigenvalue weighted by Crippen LogP contribution is -2.43. The molecule has 1 unspecified atom stereocenters. The number of hydrogen-bond acceptors (Lipinski definition) is 3. The molecule has 0 saturated heterocycles. The Hall–Kier alpha value is -1.85. The summed E-state index contributed by atoms with van der Waals surface area (Å²) in [4.78, 5) is 29.9. The fraction of sp³-hybridized carbons (Fsp3) is 0.667. The number of hydrogen-bond donors (Lipinski definition) is 3. The molecule has 2 atom stereocenters. The summed E-state index contributed by atoms with van der Waals surface area (Å²) in [6.07, 6.45) is 4.50. The van der Waals surface area contributed by atoms with Crippen molar-refractivity contribution < 1.29 is 14.7 Å². The molecule has 0 radical (unpaired) electrons. The average molecular weight is 295 g/mol. The maximum atomic E-state index is 12.0. The minimum Gasteiger partial charge on any atom is -0.480 e. The van der Waals surface area contributed by atoms with Crippen LogP contribution in [0, 0.1) is 11.3 Å². The zero-order valence-electron chi connectivity index (χ0n) is 13.1. The predicted octanol–water partition coefficient (Wildman–Crippen LogP) is 1.98. The highest BCUT2D eigenvalue weighted by Crippen LogP contribution is 2.25. The maximum absolute atomic E-state index is 12.0. The minimum absolute atomic E-state index is 0.155. The molecule has 118 valence electrons. The van der Waals surface area contributed by atoms with Crippen molar-refractivity contribution in [2.75, 3.05) is 0 Å². The number of nitrogens with one attached hydrogen (secondary N) is 2. The Morgan fingerprint density at radius 1 is 1.43 bits per heavy atom. The molecule has 0 aliphatic carbocycles. The monoisotopic (exact) mass is 295 g/mol. The Bertz CT molecular complexity index is 463. The number of aliphatic carboxylic acids is 1. The number of carboxylic acid groups (broad SMARTS) is 1. The quantitative estimate of drug-likeness (QED) is 0.717. The molecule has 0 spiro atoms. The number of aromatic nitrogens is 2. The van der Waals surface area contributed by atoms with Gasteiger partial charge in [0.05, 0.1) is 6.33 Å². The molecular weight excluding hydrogens is 270 g/mol. The number of rotatable bonds is 7. The van der Waals surface area contributed by atoms with E-state index >= 15 is 0 Å². The molecule has 1 amide bonds. The number of carbonyl (C=O) groups excluding carboxylic acids is 1. The van der Waals surface area contributed by atoms with Crippen LogP contribution in [-0.2, 0) is 16.0 Å². The van der Waals surface area contributed by atoms with Gasteiger partial charge in [0.15, 0.2) is 0 Å². The van der Waals surface area contributed by atoms with Crippen molar-refractivity contribution in [2.45, 2.75) is 53.0 Å². The Labute approximate surface area is 125 Å².